The highest BCUT2D eigenvalue weighted by atomic mass is 127. The first-order valence-corrected chi connectivity index (χ1v) is 9.89. The molecule has 1 rings (SSSR count). The van der Waals surface area contributed by atoms with Crippen LogP contribution in [0.4, 0.5) is 0 Å². The molecule has 1 heterocycles. The largest absolute Gasteiger partial charge is 0.319 e. The Morgan fingerprint density at radius 3 is 2.10 bits per heavy atom. The Morgan fingerprint density at radius 2 is 1.57 bits per heavy atom. The standard InChI is InChI=1S/C17H30ClIN2/c1-4-6-8-9-11-13-17(3,12-10-7-5-2)21-14-20-15(18)16(21)19/h14H,4-13H2,1-3H3. The summed E-state index contributed by atoms with van der Waals surface area (Å²) in [5.74, 6) is 0. The molecular weight excluding hydrogens is 395 g/mol. The van der Waals surface area contributed by atoms with Gasteiger partial charge in [-0.25, -0.2) is 4.98 Å². The van der Waals surface area contributed by atoms with Crippen molar-refractivity contribution in [2.45, 2.75) is 90.5 Å². The van der Waals surface area contributed by atoms with E-state index >= 15 is 0 Å². The molecule has 1 unspecified atom stereocenters. The Hall–Kier alpha value is 0.230. The van der Waals surface area contributed by atoms with Crippen LogP contribution in [-0.2, 0) is 5.54 Å². The van der Waals surface area contributed by atoms with Gasteiger partial charge in [-0.05, 0) is 42.4 Å². The fraction of sp³-hybridized carbons (Fsp3) is 0.824. The molecule has 0 saturated carbocycles. The van der Waals surface area contributed by atoms with E-state index in [-0.39, 0.29) is 5.54 Å². The average Bonchev–Trinajstić information content (AvgIpc) is 2.80. The van der Waals surface area contributed by atoms with E-state index in [1.54, 1.807) is 0 Å². The molecule has 0 aromatic carbocycles. The highest BCUT2D eigenvalue weighted by Crippen LogP contribution is 2.33. The average molecular weight is 425 g/mol. The highest BCUT2D eigenvalue weighted by molar-refractivity contribution is 14.1. The van der Waals surface area contributed by atoms with Gasteiger partial charge in [-0.1, -0.05) is 76.8 Å². The molecule has 21 heavy (non-hydrogen) atoms. The van der Waals surface area contributed by atoms with Crippen molar-refractivity contribution in [1.29, 1.82) is 0 Å². The third-order valence-electron chi connectivity index (χ3n) is 4.39. The molecule has 0 amide bonds. The Morgan fingerprint density at radius 1 is 1.05 bits per heavy atom. The van der Waals surface area contributed by atoms with Crippen molar-refractivity contribution < 1.29 is 0 Å². The SMILES string of the molecule is CCCCCCCC(C)(CCCCC)n1cnc(Cl)c1I. The van der Waals surface area contributed by atoms with Crippen LogP contribution in [0.5, 0.6) is 0 Å². The smallest absolute Gasteiger partial charge is 0.160 e. The molecule has 4 heteroatoms. The summed E-state index contributed by atoms with van der Waals surface area (Å²) in [6, 6.07) is 0. The van der Waals surface area contributed by atoms with Crippen molar-refractivity contribution >= 4 is 34.2 Å². The van der Waals surface area contributed by atoms with Gasteiger partial charge in [-0.2, -0.15) is 0 Å². The lowest BCUT2D eigenvalue weighted by Crippen LogP contribution is -2.30. The van der Waals surface area contributed by atoms with Gasteiger partial charge in [0.15, 0.2) is 5.15 Å². The summed E-state index contributed by atoms with van der Waals surface area (Å²) >= 11 is 8.49. The molecule has 0 N–H and O–H groups in total. The Labute approximate surface area is 149 Å². The number of hydrogen-bond donors (Lipinski definition) is 0. The molecular formula is C17H30ClIN2. The van der Waals surface area contributed by atoms with Gasteiger partial charge in [0, 0.05) is 5.54 Å². The second-order valence-electron chi connectivity index (χ2n) is 6.31. The lowest BCUT2D eigenvalue weighted by atomic mass is 9.88. The summed E-state index contributed by atoms with van der Waals surface area (Å²) in [6.07, 6.45) is 14.9. The van der Waals surface area contributed by atoms with Crippen LogP contribution in [0.3, 0.4) is 0 Å². The molecule has 0 aliphatic rings. The molecule has 0 aliphatic heterocycles. The maximum Gasteiger partial charge on any atom is 0.160 e. The molecule has 0 aliphatic carbocycles. The number of imidazole rings is 1. The van der Waals surface area contributed by atoms with Crippen LogP contribution in [0.25, 0.3) is 0 Å². The summed E-state index contributed by atoms with van der Waals surface area (Å²) in [5.41, 5.74) is 0.165. The van der Waals surface area contributed by atoms with Crippen LogP contribution in [0.2, 0.25) is 5.15 Å². The number of hydrogen-bond acceptors (Lipinski definition) is 1. The lowest BCUT2D eigenvalue weighted by Gasteiger charge is -2.32. The van der Waals surface area contributed by atoms with Gasteiger partial charge in [-0.3, -0.25) is 0 Å². The van der Waals surface area contributed by atoms with Crippen molar-refractivity contribution in [1.82, 2.24) is 9.55 Å². The molecule has 0 spiro atoms. The van der Waals surface area contributed by atoms with Gasteiger partial charge in [0.2, 0.25) is 0 Å². The second kappa shape index (κ2) is 10.1. The summed E-state index contributed by atoms with van der Waals surface area (Å²) in [5, 5.41) is 0.642. The second-order valence-corrected chi connectivity index (χ2v) is 7.69. The molecule has 1 aromatic heterocycles. The first-order chi connectivity index (χ1) is 10.0. The molecule has 1 aromatic rings. The minimum Gasteiger partial charge on any atom is -0.319 e. The van der Waals surface area contributed by atoms with Crippen LogP contribution in [0.1, 0.15) is 85.0 Å². The minimum absolute atomic E-state index is 0.165. The third-order valence-corrected chi connectivity index (χ3v) is 6.01. The van der Waals surface area contributed by atoms with E-state index in [0.717, 1.165) is 3.70 Å². The zero-order valence-electron chi connectivity index (χ0n) is 13.8. The Bertz CT molecular complexity index is 405. The first-order valence-electron chi connectivity index (χ1n) is 8.44. The van der Waals surface area contributed by atoms with Crippen molar-refractivity contribution in [2.24, 2.45) is 0 Å². The Balaban J connectivity index is 2.67. The fourth-order valence-corrected chi connectivity index (χ4v) is 3.90. The van der Waals surface area contributed by atoms with Crippen LogP contribution in [0, 0.1) is 3.70 Å². The normalized spacial score (nSPS) is 14.3. The molecule has 2 nitrogen and oxygen atoms in total. The van der Waals surface area contributed by atoms with Crippen molar-refractivity contribution in [3.05, 3.63) is 15.2 Å². The van der Waals surface area contributed by atoms with Crippen molar-refractivity contribution in [2.75, 3.05) is 0 Å². The van der Waals surface area contributed by atoms with E-state index in [2.05, 4.69) is 52.9 Å². The summed E-state index contributed by atoms with van der Waals surface area (Å²) in [4.78, 5) is 4.29. The van der Waals surface area contributed by atoms with E-state index in [1.807, 2.05) is 6.33 Å². The Kier molecular flexibility index (Phi) is 9.26. The van der Waals surface area contributed by atoms with Gasteiger partial charge < -0.3 is 4.57 Å². The van der Waals surface area contributed by atoms with Crippen LogP contribution < -0.4 is 0 Å². The van der Waals surface area contributed by atoms with Gasteiger partial charge in [0.1, 0.15) is 3.70 Å². The predicted octanol–water partition coefficient (Wildman–Crippen LogP) is 6.80. The van der Waals surface area contributed by atoms with Gasteiger partial charge in [0.05, 0.1) is 6.33 Å². The van der Waals surface area contributed by atoms with E-state index < -0.39 is 0 Å². The van der Waals surface area contributed by atoms with Gasteiger partial charge >= 0.3 is 0 Å². The molecule has 0 fully saturated rings. The monoisotopic (exact) mass is 424 g/mol. The van der Waals surface area contributed by atoms with E-state index in [1.165, 1.54) is 64.2 Å². The van der Waals surface area contributed by atoms with Crippen LogP contribution in [0.15, 0.2) is 6.33 Å². The van der Waals surface area contributed by atoms with Crippen molar-refractivity contribution in [3.63, 3.8) is 0 Å². The van der Waals surface area contributed by atoms with Crippen LogP contribution in [-0.4, -0.2) is 9.55 Å². The number of unbranched alkanes of at least 4 members (excludes halogenated alkanes) is 6. The fourth-order valence-electron chi connectivity index (χ4n) is 2.92. The topological polar surface area (TPSA) is 17.8 Å². The number of rotatable bonds is 11. The summed E-state index contributed by atoms with van der Waals surface area (Å²) in [7, 11) is 0. The molecule has 0 bridgehead atoms. The van der Waals surface area contributed by atoms with E-state index in [0.29, 0.717) is 5.15 Å². The number of aromatic nitrogens is 2. The van der Waals surface area contributed by atoms with E-state index in [4.69, 9.17) is 11.6 Å². The third kappa shape index (κ3) is 6.09. The maximum atomic E-state index is 6.16. The first kappa shape index (κ1) is 19.3. The molecule has 1 atom stereocenters. The van der Waals surface area contributed by atoms with Crippen LogP contribution >= 0.6 is 34.2 Å². The lowest BCUT2D eigenvalue weighted by molar-refractivity contribution is 0.247. The predicted molar refractivity (Wildman–Crippen MR) is 101 cm³/mol. The van der Waals surface area contributed by atoms with Gasteiger partial charge in [0.25, 0.3) is 0 Å². The van der Waals surface area contributed by atoms with Crippen molar-refractivity contribution in [3.8, 4) is 0 Å². The highest BCUT2D eigenvalue weighted by Gasteiger charge is 2.28. The quantitative estimate of drug-likeness (QED) is 0.282. The van der Waals surface area contributed by atoms with Gasteiger partial charge in [-0.15, -0.1) is 0 Å². The zero-order chi connectivity index (χ0) is 15.7. The summed E-state index contributed by atoms with van der Waals surface area (Å²) in [6.45, 7) is 6.91. The molecule has 0 radical (unpaired) electrons. The maximum absolute atomic E-state index is 6.16. The molecule has 122 valence electrons. The number of halogens is 2. The molecule has 0 saturated heterocycles. The van der Waals surface area contributed by atoms with E-state index in [9.17, 15) is 0 Å². The minimum atomic E-state index is 0.165. The number of nitrogens with zero attached hydrogens (tertiary/aromatic N) is 2. The summed E-state index contributed by atoms with van der Waals surface area (Å²) < 4.78 is 3.40. The zero-order valence-corrected chi connectivity index (χ0v) is 16.7.